The molecule has 1 N–H and O–H groups in total. The summed E-state index contributed by atoms with van der Waals surface area (Å²) in [5, 5.41) is 9.12. The quantitative estimate of drug-likeness (QED) is 0.793. The van der Waals surface area contributed by atoms with Crippen molar-refractivity contribution >= 4 is 23.8 Å². The van der Waals surface area contributed by atoms with Crippen molar-refractivity contribution in [2.24, 2.45) is 0 Å². The van der Waals surface area contributed by atoms with Gasteiger partial charge in [0, 0.05) is 38.0 Å². The third-order valence-electron chi connectivity index (χ3n) is 4.06. The molecular weight excluding hydrogens is 266 g/mol. The van der Waals surface area contributed by atoms with E-state index in [0.717, 1.165) is 32.2 Å². The minimum atomic E-state index is -0.894. The molecule has 3 fully saturated rings. The molecule has 0 aromatic carbocycles. The molecule has 19 heavy (non-hydrogen) atoms. The Morgan fingerprint density at radius 3 is 2.37 bits per heavy atom. The Kier molecular flexibility index (Phi) is 3.58. The van der Waals surface area contributed by atoms with Gasteiger partial charge in [-0.05, 0) is 12.8 Å². The van der Waals surface area contributed by atoms with E-state index in [-0.39, 0.29) is 6.03 Å². The van der Waals surface area contributed by atoms with Gasteiger partial charge >= 0.3 is 12.0 Å². The van der Waals surface area contributed by atoms with Crippen LogP contribution in [0.3, 0.4) is 0 Å². The lowest BCUT2D eigenvalue weighted by molar-refractivity contribution is -0.141. The van der Waals surface area contributed by atoms with E-state index in [1.165, 1.54) is 29.5 Å². The lowest BCUT2D eigenvalue weighted by atomic mass is 10.3. The first-order chi connectivity index (χ1) is 9.16. The van der Waals surface area contributed by atoms with Gasteiger partial charge in [-0.15, -0.1) is 11.8 Å². The first kappa shape index (κ1) is 13.1. The van der Waals surface area contributed by atoms with Gasteiger partial charge in [0.25, 0.3) is 0 Å². The molecule has 3 aliphatic rings. The van der Waals surface area contributed by atoms with Crippen LogP contribution in [-0.4, -0.2) is 81.7 Å². The van der Waals surface area contributed by atoms with Gasteiger partial charge in [-0.1, -0.05) is 0 Å². The first-order valence-electron chi connectivity index (χ1n) is 6.77. The minimum Gasteiger partial charge on any atom is -0.480 e. The molecule has 0 aromatic heterocycles. The summed E-state index contributed by atoms with van der Waals surface area (Å²) in [7, 11) is 0. The Balaban J connectivity index is 1.56. The SMILES string of the molecule is O=C(O)[C@@H]1CSCN1C(=O)N1CCN(C2CC2)CC1. The summed E-state index contributed by atoms with van der Waals surface area (Å²) in [4.78, 5) is 29.2. The zero-order valence-electron chi connectivity index (χ0n) is 10.8. The Morgan fingerprint density at radius 1 is 1.11 bits per heavy atom. The smallest absolute Gasteiger partial charge is 0.327 e. The van der Waals surface area contributed by atoms with E-state index in [1.54, 1.807) is 4.90 Å². The van der Waals surface area contributed by atoms with E-state index in [4.69, 9.17) is 5.11 Å². The molecule has 2 saturated heterocycles. The van der Waals surface area contributed by atoms with Gasteiger partial charge in [-0.2, -0.15) is 0 Å². The number of aliphatic carboxylic acids is 1. The van der Waals surface area contributed by atoms with Gasteiger partial charge in [0.05, 0.1) is 5.88 Å². The van der Waals surface area contributed by atoms with Gasteiger partial charge in [0.15, 0.2) is 0 Å². The van der Waals surface area contributed by atoms with Crippen LogP contribution in [0.5, 0.6) is 0 Å². The van der Waals surface area contributed by atoms with E-state index in [1.807, 2.05) is 0 Å². The highest BCUT2D eigenvalue weighted by molar-refractivity contribution is 7.99. The summed E-state index contributed by atoms with van der Waals surface area (Å²) in [6, 6.07) is -0.0156. The summed E-state index contributed by atoms with van der Waals surface area (Å²) in [6.07, 6.45) is 2.58. The number of thioether (sulfide) groups is 1. The molecule has 2 amide bonds. The van der Waals surface area contributed by atoms with Crippen molar-refractivity contribution in [1.29, 1.82) is 0 Å². The van der Waals surface area contributed by atoms with E-state index >= 15 is 0 Å². The number of piperazine rings is 1. The summed E-state index contributed by atoms with van der Waals surface area (Å²) in [6.45, 7) is 3.30. The number of urea groups is 1. The number of carbonyl (C=O) groups is 2. The summed E-state index contributed by atoms with van der Waals surface area (Å²) in [5.74, 6) is 0.108. The van der Waals surface area contributed by atoms with Crippen LogP contribution in [0, 0.1) is 0 Å². The van der Waals surface area contributed by atoms with Crippen LogP contribution in [-0.2, 0) is 4.79 Å². The minimum absolute atomic E-state index is 0.104. The van der Waals surface area contributed by atoms with Crippen molar-refractivity contribution < 1.29 is 14.7 Å². The number of hydrogen-bond acceptors (Lipinski definition) is 4. The molecular formula is C12H19N3O3S. The Labute approximate surface area is 116 Å². The third-order valence-corrected chi connectivity index (χ3v) is 5.07. The molecule has 1 aliphatic carbocycles. The Bertz CT molecular complexity index is 380. The van der Waals surface area contributed by atoms with Gasteiger partial charge in [-0.3, -0.25) is 4.90 Å². The molecule has 1 atom stereocenters. The maximum Gasteiger partial charge on any atom is 0.327 e. The Hall–Kier alpha value is -0.950. The van der Waals surface area contributed by atoms with E-state index in [2.05, 4.69) is 4.90 Å². The number of carbonyl (C=O) groups excluding carboxylic acids is 1. The third kappa shape index (κ3) is 2.67. The summed E-state index contributed by atoms with van der Waals surface area (Å²) in [5.41, 5.74) is 0. The first-order valence-corrected chi connectivity index (χ1v) is 7.92. The number of rotatable bonds is 2. The van der Waals surface area contributed by atoms with E-state index < -0.39 is 12.0 Å². The average Bonchev–Trinajstić information content (AvgIpc) is 3.14. The van der Waals surface area contributed by atoms with E-state index in [9.17, 15) is 9.59 Å². The van der Waals surface area contributed by atoms with Crippen molar-refractivity contribution in [3.05, 3.63) is 0 Å². The fraction of sp³-hybridized carbons (Fsp3) is 0.833. The van der Waals surface area contributed by atoms with Crippen molar-refractivity contribution in [2.75, 3.05) is 37.8 Å². The van der Waals surface area contributed by atoms with Crippen LogP contribution < -0.4 is 0 Å². The average molecular weight is 285 g/mol. The van der Waals surface area contributed by atoms with Gasteiger partial charge in [0.1, 0.15) is 6.04 Å². The van der Waals surface area contributed by atoms with Gasteiger partial charge in [-0.25, -0.2) is 9.59 Å². The summed E-state index contributed by atoms with van der Waals surface area (Å²) >= 11 is 1.51. The molecule has 6 nitrogen and oxygen atoms in total. The molecule has 3 rings (SSSR count). The highest BCUT2D eigenvalue weighted by atomic mass is 32.2. The Morgan fingerprint density at radius 2 is 1.79 bits per heavy atom. The van der Waals surface area contributed by atoms with Crippen LogP contribution in [0.15, 0.2) is 0 Å². The van der Waals surface area contributed by atoms with Crippen LogP contribution in [0.1, 0.15) is 12.8 Å². The predicted octanol–water partition coefficient (Wildman–Crippen LogP) is 0.346. The molecule has 0 bridgehead atoms. The number of carboxylic acid groups (broad SMARTS) is 1. The molecule has 0 unspecified atom stereocenters. The van der Waals surface area contributed by atoms with Crippen molar-refractivity contribution in [3.8, 4) is 0 Å². The topological polar surface area (TPSA) is 64.1 Å². The van der Waals surface area contributed by atoms with Gasteiger partial charge in [0.2, 0.25) is 0 Å². The summed E-state index contributed by atoms with van der Waals surface area (Å²) < 4.78 is 0. The second kappa shape index (κ2) is 5.20. The van der Waals surface area contributed by atoms with Crippen LogP contribution in [0.4, 0.5) is 4.79 Å². The second-order valence-electron chi connectivity index (χ2n) is 5.36. The van der Waals surface area contributed by atoms with Crippen molar-refractivity contribution in [1.82, 2.24) is 14.7 Å². The molecule has 0 spiro atoms. The largest absolute Gasteiger partial charge is 0.480 e. The van der Waals surface area contributed by atoms with Crippen LogP contribution in [0.25, 0.3) is 0 Å². The standard InChI is InChI=1S/C12H19N3O3S/c16-11(17)10-7-19-8-15(10)12(18)14-5-3-13(4-6-14)9-1-2-9/h9-10H,1-8H2,(H,16,17)/t10-/m0/s1. The molecule has 7 heteroatoms. The maximum absolute atomic E-state index is 12.4. The fourth-order valence-corrected chi connectivity index (χ4v) is 3.87. The zero-order chi connectivity index (χ0) is 13.4. The van der Waals surface area contributed by atoms with Crippen LogP contribution in [0.2, 0.25) is 0 Å². The highest BCUT2D eigenvalue weighted by Crippen LogP contribution is 2.28. The molecule has 0 radical (unpaired) electrons. The van der Waals surface area contributed by atoms with E-state index in [0.29, 0.717) is 11.6 Å². The fourth-order valence-electron chi connectivity index (χ4n) is 2.74. The molecule has 106 valence electrons. The lowest BCUT2D eigenvalue weighted by Gasteiger charge is -2.37. The maximum atomic E-state index is 12.4. The highest BCUT2D eigenvalue weighted by Gasteiger charge is 2.38. The normalized spacial score (nSPS) is 28.7. The number of amides is 2. The number of hydrogen-bond donors (Lipinski definition) is 1. The lowest BCUT2D eigenvalue weighted by Crippen LogP contribution is -2.55. The molecule has 1 saturated carbocycles. The van der Waals surface area contributed by atoms with Gasteiger partial charge < -0.3 is 14.9 Å². The zero-order valence-corrected chi connectivity index (χ0v) is 11.6. The second-order valence-corrected chi connectivity index (χ2v) is 6.36. The predicted molar refractivity (Wildman–Crippen MR) is 72.2 cm³/mol. The molecule has 2 heterocycles. The van der Waals surface area contributed by atoms with Crippen molar-refractivity contribution in [2.45, 2.75) is 24.9 Å². The van der Waals surface area contributed by atoms with Crippen molar-refractivity contribution in [3.63, 3.8) is 0 Å². The monoisotopic (exact) mass is 285 g/mol. The number of nitrogens with zero attached hydrogens (tertiary/aromatic N) is 3. The van der Waals surface area contributed by atoms with Crippen LogP contribution >= 0.6 is 11.8 Å². The molecule has 2 aliphatic heterocycles. The number of carboxylic acids is 1. The molecule has 0 aromatic rings.